The Bertz CT molecular complexity index is 647. The van der Waals surface area contributed by atoms with E-state index in [0.717, 1.165) is 17.9 Å². The molecule has 0 aromatic heterocycles. The standard InChI is InChI=1S/C20H25NO2/c1-5-15(4)18-8-6-7-9-19(18)21-20(22)16-10-12-17(13-11-16)23-14(2)3/h6-15H,5H2,1-4H3,(H,21,22)/t15-/m0/s1. The van der Waals surface area contributed by atoms with Crippen LogP contribution >= 0.6 is 0 Å². The van der Waals surface area contributed by atoms with Crippen molar-refractivity contribution in [2.45, 2.75) is 46.1 Å². The van der Waals surface area contributed by atoms with Gasteiger partial charge in [-0.2, -0.15) is 0 Å². The first kappa shape index (κ1) is 17.1. The van der Waals surface area contributed by atoms with E-state index in [4.69, 9.17) is 4.74 Å². The Kier molecular flexibility index (Phi) is 5.80. The minimum Gasteiger partial charge on any atom is -0.491 e. The molecule has 0 saturated carbocycles. The van der Waals surface area contributed by atoms with Crippen LogP contribution in [0.15, 0.2) is 48.5 Å². The number of rotatable bonds is 6. The Morgan fingerprint density at radius 1 is 1.04 bits per heavy atom. The lowest BCUT2D eigenvalue weighted by Gasteiger charge is -2.16. The van der Waals surface area contributed by atoms with Crippen LogP contribution in [-0.2, 0) is 0 Å². The molecule has 2 aromatic rings. The second-order valence-corrected chi connectivity index (χ2v) is 6.04. The summed E-state index contributed by atoms with van der Waals surface area (Å²) in [5.41, 5.74) is 2.68. The van der Waals surface area contributed by atoms with Gasteiger partial charge < -0.3 is 10.1 Å². The van der Waals surface area contributed by atoms with Crippen LogP contribution in [0.3, 0.4) is 0 Å². The van der Waals surface area contributed by atoms with Gasteiger partial charge in [0.05, 0.1) is 6.10 Å². The molecule has 0 fully saturated rings. The number of amides is 1. The van der Waals surface area contributed by atoms with Crippen molar-refractivity contribution in [3.05, 3.63) is 59.7 Å². The van der Waals surface area contributed by atoms with E-state index in [2.05, 4.69) is 25.2 Å². The number of hydrogen-bond acceptors (Lipinski definition) is 2. The predicted molar refractivity (Wildman–Crippen MR) is 95.3 cm³/mol. The number of para-hydroxylation sites is 1. The second kappa shape index (κ2) is 7.82. The number of carbonyl (C=O) groups is 1. The molecule has 122 valence electrons. The quantitative estimate of drug-likeness (QED) is 0.792. The molecule has 1 atom stereocenters. The van der Waals surface area contributed by atoms with Crippen LogP contribution in [0.5, 0.6) is 5.75 Å². The molecular formula is C20H25NO2. The molecule has 2 rings (SSSR count). The zero-order chi connectivity index (χ0) is 16.8. The third-order valence-electron chi connectivity index (χ3n) is 3.84. The molecular weight excluding hydrogens is 286 g/mol. The number of carbonyl (C=O) groups excluding carboxylic acids is 1. The predicted octanol–water partition coefficient (Wildman–Crippen LogP) is 5.24. The molecule has 0 heterocycles. The fourth-order valence-corrected chi connectivity index (χ4v) is 2.41. The first-order valence-electron chi connectivity index (χ1n) is 8.18. The number of hydrogen-bond donors (Lipinski definition) is 1. The second-order valence-electron chi connectivity index (χ2n) is 6.04. The Balaban J connectivity index is 2.13. The van der Waals surface area contributed by atoms with Gasteiger partial charge in [-0.3, -0.25) is 4.79 Å². The summed E-state index contributed by atoms with van der Waals surface area (Å²) in [6, 6.07) is 15.2. The summed E-state index contributed by atoms with van der Waals surface area (Å²) in [5, 5.41) is 3.02. The van der Waals surface area contributed by atoms with Crippen LogP contribution in [0.4, 0.5) is 5.69 Å². The molecule has 0 spiro atoms. The van der Waals surface area contributed by atoms with E-state index in [1.54, 1.807) is 12.1 Å². The van der Waals surface area contributed by atoms with Gasteiger partial charge in [-0.1, -0.05) is 32.0 Å². The minimum atomic E-state index is -0.100. The van der Waals surface area contributed by atoms with Gasteiger partial charge in [0.15, 0.2) is 0 Å². The van der Waals surface area contributed by atoms with Crippen molar-refractivity contribution in [2.24, 2.45) is 0 Å². The van der Waals surface area contributed by atoms with Crippen molar-refractivity contribution in [3.8, 4) is 5.75 Å². The van der Waals surface area contributed by atoms with Gasteiger partial charge in [0.1, 0.15) is 5.75 Å². The number of ether oxygens (including phenoxy) is 1. The average molecular weight is 311 g/mol. The molecule has 0 aliphatic rings. The van der Waals surface area contributed by atoms with Crippen molar-refractivity contribution in [1.29, 1.82) is 0 Å². The van der Waals surface area contributed by atoms with Crippen molar-refractivity contribution in [2.75, 3.05) is 5.32 Å². The molecule has 0 radical (unpaired) electrons. The van der Waals surface area contributed by atoms with Crippen LogP contribution in [-0.4, -0.2) is 12.0 Å². The third-order valence-corrected chi connectivity index (χ3v) is 3.84. The van der Waals surface area contributed by atoms with E-state index in [9.17, 15) is 4.79 Å². The molecule has 1 amide bonds. The lowest BCUT2D eigenvalue weighted by Crippen LogP contribution is -2.14. The van der Waals surface area contributed by atoms with Gasteiger partial charge in [-0.15, -0.1) is 0 Å². The van der Waals surface area contributed by atoms with Crippen LogP contribution in [0.2, 0.25) is 0 Å². The highest BCUT2D eigenvalue weighted by Gasteiger charge is 2.12. The maximum absolute atomic E-state index is 12.5. The number of benzene rings is 2. The summed E-state index contributed by atoms with van der Waals surface area (Å²) in [5.74, 6) is 1.08. The van der Waals surface area contributed by atoms with E-state index in [0.29, 0.717) is 11.5 Å². The lowest BCUT2D eigenvalue weighted by molar-refractivity contribution is 0.102. The van der Waals surface area contributed by atoms with Crippen LogP contribution in [0.25, 0.3) is 0 Å². The van der Waals surface area contributed by atoms with E-state index >= 15 is 0 Å². The molecule has 0 unspecified atom stereocenters. The average Bonchev–Trinajstić information content (AvgIpc) is 2.54. The van der Waals surface area contributed by atoms with Crippen molar-refractivity contribution >= 4 is 11.6 Å². The summed E-state index contributed by atoms with van der Waals surface area (Å²) < 4.78 is 5.60. The Labute approximate surface area is 138 Å². The maximum Gasteiger partial charge on any atom is 0.255 e. The largest absolute Gasteiger partial charge is 0.491 e. The van der Waals surface area contributed by atoms with E-state index in [-0.39, 0.29) is 12.0 Å². The van der Waals surface area contributed by atoms with Crippen LogP contribution in [0, 0.1) is 0 Å². The van der Waals surface area contributed by atoms with Crippen LogP contribution in [0.1, 0.15) is 56.0 Å². The lowest BCUT2D eigenvalue weighted by atomic mass is 9.97. The molecule has 0 bridgehead atoms. The fraction of sp³-hybridized carbons (Fsp3) is 0.350. The van der Waals surface area contributed by atoms with Crippen LogP contribution < -0.4 is 10.1 Å². The number of anilines is 1. The van der Waals surface area contributed by atoms with Gasteiger partial charge in [-0.05, 0) is 62.1 Å². The SMILES string of the molecule is CC[C@H](C)c1ccccc1NC(=O)c1ccc(OC(C)C)cc1. The Morgan fingerprint density at radius 3 is 2.30 bits per heavy atom. The minimum absolute atomic E-state index is 0.100. The van der Waals surface area contributed by atoms with Crippen molar-refractivity contribution < 1.29 is 9.53 Å². The summed E-state index contributed by atoms with van der Waals surface area (Å²) in [7, 11) is 0. The molecule has 0 aliphatic carbocycles. The first-order chi connectivity index (χ1) is 11.0. The van der Waals surface area contributed by atoms with E-state index in [1.165, 1.54) is 5.56 Å². The highest BCUT2D eigenvalue weighted by molar-refractivity contribution is 6.04. The summed E-state index contributed by atoms with van der Waals surface area (Å²) in [6.07, 6.45) is 1.16. The number of nitrogens with one attached hydrogen (secondary N) is 1. The molecule has 0 aliphatic heterocycles. The molecule has 1 N–H and O–H groups in total. The van der Waals surface area contributed by atoms with Crippen molar-refractivity contribution in [1.82, 2.24) is 0 Å². The molecule has 3 heteroatoms. The zero-order valence-corrected chi connectivity index (χ0v) is 14.3. The van der Waals surface area contributed by atoms with Gasteiger partial charge in [0.25, 0.3) is 5.91 Å². The topological polar surface area (TPSA) is 38.3 Å². The molecule has 3 nitrogen and oxygen atoms in total. The molecule has 2 aromatic carbocycles. The van der Waals surface area contributed by atoms with Crippen molar-refractivity contribution in [3.63, 3.8) is 0 Å². The Morgan fingerprint density at radius 2 is 1.70 bits per heavy atom. The Hall–Kier alpha value is -2.29. The fourth-order valence-electron chi connectivity index (χ4n) is 2.41. The normalized spacial score (nSPS) is 12.0. The van der Waals surface area contributed by atoms with Gasteiger partial charge in [-0.25, -0.2) is 0 Å². The highest BCUT2D eigenvalue weighted by atomic mass is 16.5. The van der Waals surface area contributed by atoms with E-state index in [1.807, 2.05) is 44.2 Å². The summed E-state index contributed by atoms with van der Waals surface area (Å²) in [4.78, 5) is 12.5. The van der Waals surface area contributed by atoms with Gasteiger partial charge in [0, 0.05) is 11.3 Å². The zero-order valence-electron chi connectivity index (χ0n) is 14.3. The smallest absolute Gasteiger partial charge is 0.255 e. The maximum atomic E-state index is 12.5. The van der Waals surface area contributed by atoms with Gasteiger partial charge >= 0.3 is 0 Å². The van der Waals surface area contributed by atoms with Gasteiger partial charge in [0.2, 0.25) is 0 Å². The molecule has 0 saturated heterocycles. The third kappa shape index (κ3) is 4.59. The monoisotopic (exact) mass is 311 g/mol. The first-order valence-corrected chi connectivity index (χ1v) is 8.18. The highest BCUT2D eigenvalue weighted by Crippen LogP contribution is 2.27. The molecule has 23 heavy (non-hydrogen) atoms. The summed E-state index contributed by atoms with van der Waals surface area (Å²) >= 11 is 0. The van der Waals surface area contributed by atoms with E-state index < -0.39 is 0 Å². The summed E-state index contributed by atoms with van der Waals surface area (Å²) in [6.45, 7) is 8.28.